The molecule has 0 bridgehead atoms. The Morgan fingerprint density at radius 1 is 0.760 bits per heavy atom. The van der Waals surface area contributed by atoms with Crippen LogP contribution in [0.4, 0.5) is 0 Å². The van der Waals surface area contributed by atoms with E-state index in [0.29, 0.717) is 0 Å². The maximum atomic E-state index is 6.05. The lowest BCUT2D eigenvalue weighted by Crippen LogP contribution is -2.08. The average Bonchev–Trinajstić information content (AvgIpc) is 2.63. The van der Waals surface area contributed by atoms with Crippen LogP contribution < -0.4 is 14.8 Å². The maximum absolute atomic E-state index is 6.05. The summed E-state index contributed by atoms with van der Waals surface area (Å²) in [6.45, 7) is 6.90. The second-order valence-corrected chi connectivity index (χ2v) is 6.83. The molecule has 0 aromatic heterocycles. The van der Waals surface area contributed by atoms with Crippen LogP contribution in [0.25, 0.3) is 0 Å². The number of hydrogen-bond donors (Lipinski definition) is 1. The van der Waals surface area contributed by atoms with Crippen molar-refractivity contribution in [1.82, 2.24) is 5.32 Å². The van der Waals surface area contributed by atoms with Crippen LogP contribution in [0.15, 0.2) is 18.2 Å². The molecule has 0 heterocycles. The van der Waals surface area contributed by atoms with Gasteiger partial charge in [-0.05, 0) is 26.0 Å². The Kier molecular flexibility index (Phi) is 13.2. The van der Waals surface area contributed by atoms with Gasteiger partial charge in [-0.25, -0.2) is 0 Å². The number of ether oxygens (including phenoxy) is 2. The Hall–Kier alpha value is -1.22. The highest BCUT2D eigenvalue weighted by molar-refractivity contribution is 5.40. The number of benzene rings is 1. The smallest absolute Gasteiger partial charge is 0.127 e. The van der Waals surface area contributed by atoms with Gasteiger partial charge in [0.1, 0.15) is 11.5 Å². The summed E-state index contributed by atoms with van der Waals surface area (Å²) in [6, 6.07) is 6.24. The molecule has 1 N–H and O–H groups in total. The number of hydrogen-bond acceptors (Lipinski definition) is 3. The normalized spacial score (nSPS) is 10.8. The zero-order valence-corrected chi connectivity index (χ0v) is 16.7. The molecule has 0 amide bonds. The van der Waals surface area contributed by atoms with Crippen molar-refractivity contribution < 1.29 is 9.47 Å². The van der Waals surface area contributed by atoms with Crippen molar-refractivity contribution in [2.75, 3.05) is 20.3 Å². The molecule has 0 unspecified atom stereocenters. The lowest BCUT2D eigenvalue weighted by Gasteiger charge is -2.14. The van der Waals surface area contributed by atoms with E-state index in [9.17, 15) is 0 Å². The van der Waals surface area contributed by atoms with Crippen LogP contribution in [0.3, 0.4) is 0 Å². The molecule has 0 aliphatic heterocycles. The van der Waals surface area contributed by atoms with Gasteiger partial charge in [0, 0.05) is 18.2 Å². The second-order valence-electron chi connectivity index (χ2n) is 6.83. The molecular weight excluding hydrogens is 310 g/mol. The highest BCUT2D eigenvalue weighted by atomic mass is 16.5. The van der Waals surface area contributed by atoms with Gasteiger partial charge in [-0.2, -0.15) is 0 Å². The molecule has 1 aromatic rings. The monoisotopic (exact) mass is 349 g/mol. The van der Waals surface area contributed by atoms with Crippen molar-refractivity contribution in [3.8, 4) is 11.5 Å². The van der Waals surface area contributed by atoms with E-state index >= 15 is 0 Å². The Labute approximate surface area is 155 Å². The largest absolute Gasteiger partial charge is 0.493 e. The molecular formula is C22H39NO2. The van der Waals surface area contributed by atoms with E-state index in [0.717, 1.165) is 44.1 Å². The number of unbranched alkanes of at least 4 members (excludes halogenated alkanes) is 8. The maximum Gasteiger partial charge on any atom is 0.127 e. The van der Waals surface area contributed by atoms with Crippen LogP contribution in [0, 0.1) is 0 Å². The minimum absolute atomic E-state index is 0.793. The van der Waals surface area contributed by atoms with E-state index in [4.69, 9.17) is 9.47 Å². The zero-order valence-electron chi connectivity index (χ0n) is 16.7. The molecule has 0 aliphatic carbocycles. The van der Waals surface area contributed by atoms with Gasteiger partial charge in [-0.15, -0.1) is 0 Å². The summed E-state index contributed by atoms with van der Waals surface area (Å²) >= 11 is 0. The summed E-state index contributed by atoms with van der Waals surface area (Å²) in [5.74, 6) is 1.89. The van der Waals surface area contributed by atoms with Crippen molar-refractivity contribution >= 4 is 0 Å². The first kappa shape index (κ1) is 21.8. The summed E-state index contributed by atoms with van der Waals surface area (Å²) in [4.78, 5) is 0. The summed E-state index contributed by atoms with van der Waals surface area (Å²) in [6.07, 6.45) is 12.6. The Bertz CT molecular complexity index is 434. The van der Waals surface area contributed by atoms with Gasteiger partial charge in [0.25, 0.3) is 0 Å². The predicted molar refractivity (Wildman–Crippen MR) is 108 cm³/mol. The van der Waals surface area contributed by atoms with E-state index in [1.165, 1.54) is 56.9 Å². The lowest BCUT2D eigenvalue weighted by molar-refractivity contribution is 0.287. The van der Waals surface area contributed by atoms with Gasteiger partial charge < -0.3 is 14.8 Å². The number of nitrogens with one attached hydrogen (secondary N) is 1. The molecule has 1 rings (SSSR count). The lowest BCUT2D eigenvalue weighted by atomic mass is 10.1. The van der Waals surface area contributed by atoms with Crippen LogP contribution in [0.1, 0.15) is 83.6 Å². The Balaban J connectivity index is 2.41. The van der Waals surface area contributed by atoms with Crippen molar-refractivity contribution in [2.45, 2.75) is 84.6 Å². The highest BCUT2D eigenvalue weighted by Crippen LogP contribution is 2.25. The second kappa shape index (κ2) is 15.1. The number of rotatable bonds is 16. The highest BCUT2D eigenvalue weighted by Gasteiger charge is 2.06. The molecule has 0 fully saturated rings. The van der Waals surface area contributed by atoms with Gasteiger partial charge >= 0.3 is 0 Å². The van der Waals surface area contributed by atoms with Gasteiger partial charge in [0.15, 0.2) is 0 Å². The van der Waals surface area contributed by atoms with E-state index < -0.39 is 0 Å². The molecule has 3 heteroatoms. The van der Waals surface area contributed by atoms with Gasteiger partial charge in [-0.1, -0.05) is 71.3 Å². The first-order valence-electron chi connectivity index (χ1n) is 10.3. The van der Waals surface area contributed by atoms with E-state index in [-0.39, 0.29) is 0 Å². The SMILES string of the molecule is CCCCCCCOc1ccc(CNC)c(OCCCCCCC)c1. The summed E-state index contributed by atoms with van der Waals surface area (Å²) in [5, 5.41) is 3.21. The molecule has 0 radical (unpaired) electrons. The van der Waals surface area contributed by atoms with Gasteiger partial charge in [0.2, 0.25) is 0 Å². The van der Waals surface area contributed by atoms with Crippen LogP contribution in [-0.4, -0.2) is 20.3 Å². The van der Waals surface area contributed by atoms with Crippen molar-refractivity contribution in [1.29, 1.82) is 0 Å². The van der Waals surface area contributed by atoms with Gasteiger partial charge in [-0.3, -0.25) is 0 Å². The fraction of sp³-hybridized carbons (Fsp3) is 0.727. The molecule has 1 aromatic carbocycles. The molecule has 0 spiro atoms. The quantitative estimate of drug-likeness (QED) is 0.365. The summed E-state index contributed by atoms with van der Waals surface area (Å²) < 4.78 is 12.0. The topological polar surface area (TPSA) is 30.5 Å². The van der Waals surface area contributed by atoms with Crippen LogP contribution in [-0.2, 0) is 6.54 Å². The third-order valence-corrected chi connectivity index (χ3v) is 4.43. The first-order chi connectivity index (χ1) is 12.3. The Morgan fingerprint density at radius 3 is 1.96 bits per heavy atom. The summed E-state index contributed by atoms with van der Waals surface area (Å²) in [7, 11) is 1.97. The Morgan fingerprint density at radius 2 is 1.36 bits per heavy atom. The van der Waals surface area contributed by atoms with Crippen LogP contribution >= 0.6 is 0 Å². The molecule has 0 saturated heterocycles. The first-order valence-corrected chi connectivity index (χ1v) is 10.3. The van der Waals surface area contributed by atoms with Crippen molar-refractivity contribution in [3.63, 3.8) is 0 Å². The van der Waals surface area contributed by atoms with Gasteiger partial charge in [0.05, 0.1) is 13.2 Å². The molecule has 0 saturated carbocycles. The molecule has 0 aliphatic rings. The zero-order chi connectivity index (χ0) is 18.2. The van der Waals surface area contributed by atoms with E-state index in [1.54, 1.807) is 0 Å². The third kappa shape index (κ3) is 10.4. The minimum atomic E-state index is 0.793. The fourth-order valence-corrected chi connectivity index (χ4v) is 2.88. The standard InChI is InChI=1S/C22H39NO2/c1-4-6-8-10-12-16-24-21-15-14-20(19-23-3)22(18-21)25-17-13-11-9-7-5-2/h14-15,18,23H,4-13,16-17,19H2,1-3H3. The van der Waals surface area contributed by atoms with Crippen molar-refractivity contribution in [2.24, 2.45) is 0 Å². The molecule has 3 nitrogen and oxygen atoms in total. The van der Waals surface area contributed by atoms with E-state index in [2.05, 4.69) is 37.4 Å². The average molecular weight is 350 g/mol. The summed E-state index contributed by atoms with van der Waals surface area (Å²) in [5.41, 5.74) is 1.20. The molecule has 0 atom stereocenters. The molecule has 144 valence electrons. The van der Waals surface area contributed by atoms with Crippen molar-refractivity contribution in [3.05, 3.63) is 23.8 Å². The third-order valence-electron chi connectivity index (χ3n) is 4.43. The predicted octanol–water partition coefficient (Wildman–Crippen LogP) is 6.10. The molecule has 25 heavy (non-hydrogen) atoms. The van der Waals surface area contributed by atoms with E-state index in [1.807, 2.05) is 7.05 Å². The fourth-order valence-electron chi connectivity index (χ4n) is 2.88. The minimum Gasteiger partial charge on any atom is -0.493 e. The van der Waals surface area contributed by atoms with Crippen LogP contribution in [0.5, 0.6) is 11.5 Å². The van der Waals surface area contributed by atoms with Crippen LogP contribution in [0.2, 0.25) is 0 Å².